The molecule has 20 heavy (non-hydrogen) atoms. The van der Waals surface area contributed by atoms with Crippen LogP contribution in [0.4, 0.5) is 4.39 Å². The lowest BCUT2D eigenvalue weighted by Gasteiger charge is -2.30. The van der Waals surface area contributed by atoms with Crippen molar-refractivity contribution >= 4 is 21.8 Å². The van der Waals surface area contributed by atoms with E-state index >= 15 is 0 Å². The summed E-state index contributed by atoms with van der Waals surface area (Å²) in [6.07, 6.45) is 0. The van der Waals surface area contributed by atoms with Crippen LogP contribution in [-0.4, -0.2) is 36.0 Å². The number of hydrogen-bond acceptors (Lipinski definition) is 2. The van der Waals surface area contributed by atoms with Gasteiger partial charge in [-0.3, -0.25) is 9.69 Å². The maximum atomic E-state index is 13.8. The van der Waals surface area contributed by atoms with Gasteiger partial charge in [-0.25, -0.2) is 4.39 Å². The lowest BCUT2D eigenvalue weighted by molar-refractivity contribution is 0.0935. The van der Waals surface area contributed by atoms with E-state index in [1.54, 1.807) is 12.1 Å². The van der Waals surface area contributed by atoms with Crippen molar-refractivity contribution in [1.29, 1.82) is 0 Å². The summed E-state index contributed by atoms with van der Waals surface area (Å²) in [5.41, 5.74) is 0.0695. The lowest BCUT2D eigenvalue weighted by Crippen LogP contribution is -2.42. The number of benzene rings is 1. The van der Waals surface area contributed by atoms with E-state index in [9.17, 15) is 9.18 Å². The molecule has 0 heterocycles. The number of nitrogens with zero attached hydrogens (tertiary/aromatic N) is 1. The second-order valence-electron chi connectivity index (χ2n) is 5.28. The number of rotatable bonds is 6. The quantitative estimate of drug-likeness (QED) is 0.857. The van der Waals surface area contributed by atoms with Crippen molar-refractivity contribution in [1.82, 2.24) is 10.2 Å². The number of nitrogens with one attached hydrogen (secondary N) is 1. The van der Waals surface area contributed by atoms with E-state index in [1.807, 2.05) is 0 Å². The fourth-order valence-electron chi connectivity index (χ4n) is 2.19. The monoisotopic (exact) mass is 344 g/mol. The van der Waals surface area contributed by atoms with Gasteiger partial charge in [-0.2, -0.15) is 0 Å². The molecule has 1 aromatic carbocycles. The summed E-state index contributed by atoms with van der Waals surface area (Å²) in [7, 11) is 0. The normalized spacial score (nSPS) is 11.4. The number of halogens is 2. The van der Waals surface area contributed by atoms with Crippen molar-refractivity contribution in [2.24, 2.45) is 0 Å². The van der Waals surface area contributed by atoms with Crippen LogP contribution in [0, 0.1) is 5.82 Å². The maximum Gasteiger partial charge on any atom is 0.254 e. The van der Waals surface area contributed by atoms with Crippen molar-refractivity contribution < 1.29 is 9.18 Å². The summed E-state index contributed by atoms with van der Waals surface area (Å²) < 4.78 is 14.1. The van der Waals surface area contributed by atoms with Gasteiger partial charge < -0.3 is 5.32 Å². The molecule has 112 valence electrons. The zero-order chi connectivity index (χ0) is 15.3. The molecule has 0 aliphatic rings. The predicted molar refractivity (Wildman–Crippen MR) is 83.4 cm³/mol. The summed E-state index contributed by atoms with van der Waals surface area (Å²) in [6, 6.07) is 5.53. The Morgan fingerprint density at radius 2 is 1.90 bits per heavy atom. The van der Waals surface area contributed by atoms with Gasteiger partial charge in [0.2, 0.25) is 0 Å². The van der Waals surface area contributed by atoms with Gasteiger partial charge in [0.1, 0.15) is 5.82 Å². The van der Waals surface area contributed by atoms with E-state index in [0.717, 1.165) is 6.54 Å². The number of amides is 1. The molecule has 0 spiro atoms. The highest BCUT2D eigenvalue weighted by atomic mass is 79.9. The van der Waals surface area contributed by atoms with Crippen LogP contribution in [0.5, 0.6) is 0 Å². The zero-order valence-corrected chi connectivity index (χ0v) is 14.0. The maximum absolute atomic E-state index is 13.8. The Labute approximate surface area is 128 Å². The summed E-state index contributed by atoms with van der Waals surface area (Å²) in [5.74, 6) is -0.897. The number of hydrogen-bond donors (Lipinski definition) is 1. The third-order valence-corrected chi connectivity index (χ3v) is 3.79. The molecule has 0 saturated carbocycles. The molecule has 0 fully saturated rings. The Hall–Kier alpha value is -0.940. The SMILES string of the molecule is CC(C)N(CCNC(=O)c1cccc(Br)c1F)C(C)C. The fraction of sp³-hybridized carbons (Fsp3) is 0.533. The van der Waals surface area contributed by atoms with Gasteiger partial charge in [0.25, 0.3) is 5.91 Å². The second kappa shape index (κ2) is 7.74. The Morgan fingerprint density at radius 3 is 2.45 bits per heavy atom. The van der Waals surface area contributed by atoms with E-state index in [2.05, 4.69) is 53.8 Å². The van der Waals surface area contributed by atoms with Gasteiger partial charge in [-0.05, 0) is 55.8 Å². The minimum Gasteiger partial charge on any atom is -0.351 e. The first-order valence-electron chi connectivity index (χ1n) is 6.82. The summed E-state index contributed by atoms with van der Waals surface area (Å²) in [6.45, 7) is 9.73. The highest BCUT2D eigenvalue weighted by molar-refractivity contribution is 9.10. The molecule has 0 bridgehead atoms. The van der Waals surface area contributed by atoms with Crippen LogP contribution in [0.3, 0.4) is 0 Å². The average molecular weight is 345 g/mol. The largest absolute Gasteiger partial charge is 0.351 e. The molecule has 1 aromatic rings. The molecule has 3 nitrogen and oxygen atoms in total. The minimum atomic E-state index is -0.519. The topological polar surface area (TPSA) is 32.3 Å². The van der Waals surface area contributed by atoms with Gasteiger partial charge in [-0.15, -0.1) is 0 Å². The third kappa shape index (κ3) is 4.56. The van der Waals surface area contributed by atoms with Crippen molar-refractivity contribution in [3.05, 3.63) is 34.1 Å². The molecule has 1 N–H and O–H groups in total. The van der Waals surface area contributed by atoms with Crippen LogP contribution in [0.2, 0.25) is 0 Å². The van der Waals surface area contributed by atoms with Gasteiger partial charge >= 0.3 is 0 Å². The third-order valence-electron chi connectivity index (χ3n) is 3.18. The summed E-state index contributed by atoms with van der Waals surface area (Å²) in [5, 5.41) is 2.77. The Bertz CT molecular complexity index is 455. The Kier molecular flexibility index (Phi) is 6.62. The van der Waals surface area contributed by atoms with Gasteiger partial charge in [-0.1, -0.05) is 6.07 Å². The average Bonchev–Trinajstić information content (AvgIpc) is 2.36. The van der Waals surface area contributed by atoms with Crippen LogP contribution in [0.25, 0.3) is 0 Å². The summed E-state index contributed by atoms with van der Waals surface area (Å²) >= 11 is 3.08. The highest BCUT2D eigenvalue weighted by Gasteiger charge is 2.16. The van der Waals surface area contributed by atoms with Crippen molar-refractivity contribution in [3.8, 4) is 0 Å². The smallest absolute Gasteiger partial charge is 0.254 e. The van der Waals surface area contributed by atoms with Crippen LogP contribution in [-0.2, 0) is 0 Å². The molecule has 0 atom stereocenters. The van der Waals surface area contributed by atoms with E-state index in [1.165, 1.54) is 6.07 Å². The van der Waals surface area contributed by atoms with Crippen LogP contribution in [0.15, 0.2) is 22.7 Å². The van der Waals surface area contributed by atoms with E-state index in [4.69, 9.17) is 0 Å². The number of carbonyl (C=O) groups is 1. The first kappa shape index (κ1) is 17.1. The fourth-order valence-corrected chi connectivity index (χ4v) is 2.55. The van der Waals surface area contributed by atoms with E-state index < -0.39 is 5.82 Å². The first-order valence-corrected chi connectivity index (χ1v) is 7.61. The molecule has 0 radical (unpaired) electrons. The second-order valence-corrected chi connectivity index (χ2v) is 6.14. The van der Waals surface area contributed by atoms with E-state index in [0.29, 0.717) is 23.1 Å². The molecule has 5 heteroatoms. The highest BCUT2D eigenvalue weighted by Crippen LogP contribution is 2.18. The van der Waals surface area contributed by atoms with Crippen molar-refractivity contribution in [2.45, 2.75) is 39.8 Å². The van der Waals surface area contributed by atoms with Crippen LogP contribution < -0.4 is 5.32 Å². The first-order chi connectivity index (χ1) is 9.34. The Morgan fingerprint density at radius 1 is 1.30 bits per heavy atom. The molecule has 0 aromatic heterocycles. The van der Waals surface area contributed by atoms with Gasteiger partial charge in [0.05, 0.1) is 10.0 Å². The standard InChI is InChI=1S/C15H22BrFN2O/c1-10(2)19(11(3)4)9-8-18-15(20)12-6-5-7-13(16)14(12)17/h5-7,10-11H,8-9H2,1-4H3,(H,18,20). The van der Waals surface area contributed by atoms with Gasteiger partial charge in [0.15, 0.2) is 0 Å². The van der Waals surface area contributed by atoms with Gasteiger partial charge in [0, 0.05) is 25.2 Å². The lowest BCUT2D eigenvalue weighted by atomic mass is 10.2. The molecule has 0 aliphatic carbocycles. The number of carbonyl (C=O) groups excluding carboxylic acids is 1. The molecular weight excluding hydrogens is 323 g/mol. The molecule has 0 aliphatic heterocycles. The molecule has 0 unspecified atom stereocenters. The summed E-state index contributed by atoms with van der Waals surface area (Å²) in [4.78, 5) is 14.2. The van der Waals surface area contributed by atoms with E-state index in [-0.39, 0.29) is 11.5 Å². The Balaban J connectivity index is 2.58. The van der Waals surface area contributed by atoms with Crippen LogP contribution >= 0.6 is 15.9 Å². The predicted octanol–water partition coefficient (Wildman–Crippen LogP) is 3.44. The zero-order valence-electron chi connectivity index (χ0n) is 12.4. The molecular formula is C15H22BrFN2O. The minimum absolute atomic E-state index is 0.0695. The van der Waals surface area contributed by atoms with Crippen molar-refractivity contribution in [2.75, 3.05) is 13.1 Å². The van der Waals surface area contributed by atoms with Crippen LogP contribution in [0.1, 0.15) is 38.1 Å². The molecule has 1 rings (SSSR count). The molecule has 0 saturated heterocycles. The van der Waals surface area contributed by atoms with Crippen molar-refractivity contribution in [3.63, 3.8) is 0 Å². The molecule has 1 amide bonds.